The van der Waals surface area contributed by atoms with Crippen LogP contribution in [-0.4, -0.2) is 17.4 Å². The molecule has 0 radical (unpaired) electrons. The number of hydrogen-bond donors (Lipinski definition) is 1. The van der Waals surface area contributed by atoms with E-state index < -0.39 is 0 Å². The molecule has 0 spiro atoms. The number of carbonyl (C=O) groups excluding carboxylic acids is 1. The third kappa shape index (κ3) is 3.89. The van der Waals surface area contributed by atoms with Gasteiger partial charge in [0.25, 0.3) is 5.91 Å². The van der Waals surface area contributed by atoms with Crippen LogP contribution in [0.5, 0.6) is 0 Å². The lowest BCUT2D eigenvalue weighted by molar-refractivity contribution is 0.0935. The summed E-state index contributed by atoms with van der Waals surface area (Å²) in [6.07, 6.45) is 0. The van der Waals surface area contributed by atoms with Crippen molar-refractivity contribution in [3.05, 3.63) is 41.4 Å². The zero-order chi connectivity index (χ0) is 13.9. The SMILES string of the molecule is CC(C)(C)CNC(=O)c1csc(-c2ccccc2)n1. The average molecular weight is 274 g/mol. The second-order valence-electron chi connectivity index (χ2n) is 5.65. The molecule has 3 nitrogen and oxygen atoms in total. The van der Waals surface area contributed by atoms with Gasteiger partial charge in [-0.15, -0.1) is 11.3 Å². The zero-order valence-corrected chi connectivity index (χ0v) is 12.3. The normalized spacial score (nSPS) is 11.3. The van der Waals surface area contributed by atoms with Gasteiger partial charge in [-0.05, 0) is 5.41 Å². The van der Waals surface area contributed by atoms with E-state index in [1.807, 2.05) is 30.3 Å². The molecule has 0 aliphatic rings. The molecule has 0 saturated carbocycles. The van der Waals surface area contributed by atoms with Gasteiger partial charge in [0.2, 0.25) is 0 Å². The summed E-state index contributed by atoms with van der Waals surface area (Å²) in [7, 11) is 0. The van der Waals surface area contributed by atoms with E-state index in [4.69, 9.17) is 0 Å². The van der Waals surface area contributed by atoms with E-state index in [2.05, 4.69) is 31.1 Å². The van der Waals surface area contributed by atoms with Crippen LogP contribution in [0.1, 0.15) is 31.3 Å². The van der Waals surface area contributed by atoms with E-state index in [-0.39, 0.29) is 11.3 Å². The quantitative estimate of drug-likeness (QED) is 0.929. The van der Waals surface area contributed by atoms with Gasteiger partial charge in [-0.3, -0.25) is 4.79 Å². The van der Waals surface area contributed by atoms with Gasteiger partial charge in [-0.2, -0.15) is 0 Å². The van der Waals surface area contributed by atoms with Crippen LogP contribution in [0, 0.1) is 5.41 Å². The van der Waals surface area contributed by atoms with E-state index in [1.54, 1.807) is 5.38 Å². The maximum Gasteiger partial charge on any atom is 0.270 e. The van der Waals surface area contributed by atoms with Crippen LogP contribution in [0.3, 0.4) is 0 Å². The number of hydrogen-bond acceptors (Lipinski definition) is 3. The molecule has 4 heteroatoms. The first kappa shape index (κ1) is 13.7. The van der Waals surface area contributed by atoms with Gasteiger partial charge in [0.15, 0.2) is 0 Å². The molecule has 0 aliphatic heterocycles. The lowest BCUT2D eigenvalue weighted by Crippen LogP contribution is -2.32. The smallest absolute Gasteiger partial charge is 0.270 e. The van der Waals surface area contributed by atoms with Crippen molar-refractivity contribution in [3.8, 4) is 10.6 Å². The number of rotatable bonds is 3. The highest BCUT2D eigenvalue weighted by atomic mass is 32.1. The van der Waals surface area contributed by atoms with Gasteiger partial charge in [-0.25, -0.2) is 4.98 Å². The number of carbonyl (C=O) groups is 1. The monoisotopic (exact) mass is 274 g/mol. The van der Waals surface area contributed by atoms with E-state index in [0.29, 0.717) is 12.2 Å². The van der Waals surface area contributed by atoms with Gasteiger partial charge in [0.05, 0.1) is 0 Å². The topological polar surface area (TPSA) is 42.0 Å². The Bertz CT molecular complexity index is 555. The van der Waals surface area contributed by atoms with Crippen LogP contribution < -0.4 is 5.32 Å². The molecule has 100 valence electrons. The van der Waals surface area contributed by atoms with Crippen molar-refractivity contribution in [2.75, 3.05) is 6.54 Å². The van der Waals surface area contributed by atoms with Crippen LogP contribution in [0.15, 0.2) is 35.7 Å². The third-order valence-electron chi connectivity index (χ3n) is 2.54. The van der Waals surface area contributed by atoms with Crippen molar-refractivity contribution >= 4 is 17.2 Å². The van der Waals surface area contributed by atoms with Gasteiger partial charge in [-0.1, -0.05) is 51.1 Å². The largest absolute Gasteiger partial charge is 0.350 e. The van der Waals surface area contributed by atoms with Crippen molar-refractivity contribution in [1.29, 1.82) is 0 Å². The third-order valence-corrected chi connectivity index (χ3v) is 3.43. The lowest BCUT2D eigenvalue weighted by Gasteiger charge is -2.18. The summed E-state index contributed by atoms with van der Waals surface area (Å²) >= 11 is 1.49. The lowest BCUT2D eigenvalue weighted by atomic mass is 9.97. The van der Waals surface area contributed by atoms with Crippen LogP contribution in [0.2, 0.25) is 0 Å². The van der Waals surface area contributed by atoms with Crippen molar-refractivity contribution in [1.82, 2.24) is 10.3 Å². The Morgan fingerprint density at radius 2 is 1.95 bits per heavy atom. The number of aromatic nitrogens is 1. The first-order valence-electron chi connectivity index (χ1n) is 6.25. The standard InChI is InChI=1S/C15H18N2OS/c1-15(2,3)10-16-13(18)12-9-19-14(17-12)11-7-5-4-6-8-11/h4-9H,10H2,1-3H3,(H,16,18). The molecule has 1 amide bonds. The van der Waals surface area contributed by atoms with Crippen molar-refractivity contribution < 1.29 is 4.79 Å². The van der Waals surface area contributed by atoms with Crippen molar-refractivity contribution in [3.63, 3.8) is 0 Å². The van der Waals surface area contributed by atoms with Crippen LogP contribution in [-0.2, 0) is 0 Å². The summed E-state index contributed by atoms with van der Waals surface area (Å²) in [6.45, 7) is 6.90. The van der Waals surface area contributed by atoms with Crippen LogP contribution in [0.25, 0.3) is 10.6 Å². The predicted molar refractivity (Wildman–Crippen MR) is 79.3 cm³/mol. The first-order chi connectivity index (χ1) is 8.96. The number of thiazole rings is 1. The van der Waals surface area contributed by atoms with E-state index >= 15 is 0 Å². The molecule has 0 bridgehead atoms. The van der Waals surface area contributed by atoms with Gasteiger partial charge in [0, 0.05) is 17.5 Å². The molecule has 1 N–H and O–H groups in total. The maximum atomic E-state index is 12.0. The fraction of sp³-hybridized carbons (Fsp3) is 0.333. The number of nitrogens with one attached hydrogen (secondary N) is 1. The first-order valence-corrected chi connectivity index (χ1v) is 7.13. The number of benzene rings is 1. The highest BCUT2D eigenvalue weighted by Gasteiger charge is 2.15. The Kier molecular flexibility index (Phi) is 4.00. The second kappa shape index (κ2) is 5.53. The average Bonchev–Trinajstić information content (AvgIpc) is 2.86. The van der Waals surface area contributed by atoms with Crippen molar-refractivity contribution in [2.45, 2.75) is 20.8 Å². The van der Waals surface area contributed by atoms with E-state index in [9.17, 15) is 4.79 Å². The summed E-state index contributed by atoms with van der Waals surface area (Å²) in [5.74, 6) is -0.103. The zero-order valence-electron chi connectivity index (χ0n) is 11.4. The summed E-state index contributed by atoms with van der Waals surface area (Å²) in [5.41, 5.74) is 1.61. The molecule has 2 rings (SSSR count). The molecule has 2 aromatic rings. The number of amides is 1. The molecule has 1 aromatic carbocycles. The second-order valence-corrected chi connectivity index (χ2v) is 6.51. The molecule has 0 unspecified atom stereocenters. The minimum Gasteiger partial charge on any atom is -0.350 e. The summed E-state index contributed by atoms with van der Waals surface area (Å²) < 4.78 is 0. The molecule has 19 heavy (non-hydrogen) atoms. The molecule has 0 fully saturated rings. The molecular weight excluding hydrogens is 256 g/mol. The summed E-state index contributed by atoms with van der Waals surface area (Å²) in [6, 6.07) is 9.89. The fourth-order valence-electron chi connectivity index (χ4n) is 1.53. The van der Waals surface area contributed by atoms with E-state index in [0.717, 1.165) is 10.6 Å². The van der Waals surface area contributed by atoms with Crippen LogP contribution in [0.4, 0.5) is 0 Å². The molecule has 0 atom stereocenters. The summed E-state index contributed by atoms with van der Waals surface area (Å²) in [5, 5.41) is 5.59. The fourth-order valence-corrected chi connectivity index (χ4v) is 2.33. The Morgan fingerprint density at radius 1 is 1.26 bits per heavy atom. The van der Waals surface area contributed by atoms with Crippen molar-refractivity contribution in [2.24, 2.45) is 5.41 Å². The molecule has 1 heterocycles. The highest BCUT2D eigenvalue weighted by molar-refractivity contribution is 7.13. The Balaban J connectivity index is 2.07. The van der Waals surface area contributed by atoms with Gasteiger partial charge >= 0.3 is 0 Å². The molecule has 0 aliphatic carbocycles. The van der Waals surface area contributed by atoms with Crippen LogP contribution >= 0.6 is 11.3 Å². The predicted octanol–water partition coefficient (Wildman–Crippen LogP) is 3.59. The summed E-state index contributed by atoms with van der Waals surface area (Å²) in [4.78, 5) is 16.4. The Morgan fingerprint density at radius 3 is 2.58 bits per heavy atom. The Labute approximate surface area is 117 Å². The number of nitrogens with zero attached hydrogens (tertiary/aromatic N) is 1. The molecule has 1 aromatic heterocycles. The van der Waals surface area contributed by atoms with Gasteiger partial charge < -0.3 is 5.32 Å². The minimum absolute atomic E-state index is 0.0773. The minimum atomic E-state index is -0.103. The molecule has 0 saturated heterocycles. The highest BCUT2D eigenvalue weighted by Crippen LogP contribution is 2.23. The Hall–Kier alpha value is -1.68. The van der Waals surface area contributed by atoms with E-state index in [1.165, 1.54) is 11.3 Å². The van der Waals surface area contributed by atoms with Gasteiger partial charge in [0.1, 0.15) is 10.7 Å². The maximum absolute atomic E-state index is 12.0. The molecular formula is C15H18N2OS.